The summed E-state index contributed by atoms with van der Waals surface area (Å²) in [4.78, 5) is 25.2. The van der Waals surface area contributed by atoms with Crippen molar-refractivity contribution >= 4 is 29.6 Å². The molecule has 1 amide bonds. The molecule has 1 N–H and O–H groups in total. The first-order valence-electron chi connectivity index (χ1n) is 6.21. The number of hydrogen-bond donors (Lipinski definition) is 1. The van der Waals surface area contributed by atoms with Crippen molar-refractivity contribution < 1.29 is 9.72 Å². The lowest BCUT2D eigenvalue weighted by Crippen LogP contribution is -2.06. The SMILES string of the molecule is CC(=O)Nc1ccc(/C=C/c2cccc([N+](=O)[O-])c2)cn1. The van der Waals surface area contributed by atoms with Gasteiger partial charge in [-0.1, -0.05) is 24.3 Å². The summed E-state index contributed by atoms with van der Waals surface area (Å²) < 4.78 is 0. The molecule has 0 aliphatic carbocycles. The van der Waals surface area contributed by atoms with Gasteiger partial charge in [0.15, 0.2) is 0 Å². The lowest BCUT2D eigenvalue weighted by molar-refractivity contribution is -0.384. The van der Waals surface area contributed by atoms with Crippen LogP contribution in [0.1, 0.15) is 18.1 Å². The standard InChI is InChI=1S/C15H13N3O3/c1-11(19)17-15-8-7-13(10-16-15)6-5-12-3-2-4-14(9-12)18(20)21/h2-10H,1H3,(H,16,17,19)/b6-5+. The van der Waals surface area contributed by atoms with Gasteiger partial charge in [-0.15, -0.1) is 0 Å². The number of nitrogens with one attached hydrogen (secondary N) is 1. The first-order chi connectivity index (χ1) is 10.0. The fourth-order valence-corrected chi connectivity index (χ4v) is 1.69. The molecule has 2 aromatic rings. The van der Waals surface area contributed by atoms with Crippen LogP contribution in [0.25, 0.3) is 12.2 Å². The maximum absolute atomic E-state index is 10.9. The summed E-state index contributed by atoms with van der Waals surface area (Å²) in [5.74, 6) is 0.303. The lowest BCUT2D eigenvalue weighted by atomic mass is 10.1. The third-order valence-corrected chi connectivity index (χ3v) is 2.64. The van der Waals surface area contributed by atoms with E-state index in [-0.39, 0.29) is 11.6 Å². The highest BCUT2D eigenvalue weighted by Crippen LogP contribution is 2.15. The molecule has 1 aromatic heterocycles. The quantitative estimate of drug-likeness (QED) is 0.690. The normalized spacial score (nSPS) is 10.5. The van der Waals surface area contributed by atoms with Crippen molar-refractivity contribution in [2.45, 2.75) is 6.92 Å². The summed E-state index contributed by atoms with van der Waals surface area (Å²) in [6, 6.07) is 9.84. The van der Waals surface area contributed by atoms with Gasteiger partial charge in [-0.3, -0.25) is 14.9 Å². The number of carbonyl (C=O) groups excluding carboxylic acids is 1. The Morgan fingerprint density at radius 1 is 1.24 bits per heavy atom. The van der Waals surface area contributed by atoms with Crippen molar-refractivity contribution in [3.05, 3.63) is 63.8 Å². The summed E-state index contributed by atoms with van der Waals surface area (Å²) >= 11 is 0. The van der Waals surface area contributed by atoms with E-state index < -0.39 is 4.92 Å². The Bertz CT molecular complexity index is 694. The highest BCUT2D eigenvalue weighted by Gasteiger charge is 2.03. The van der Waals surface area contributed by atoms with Gasteiger partial charge in [-0.25, -0.2) is 4.98 Å². The molecule has 0 bridgehead atoms. The zero-order valence-corrected chi connectivity index (χ0v) is 11.3. The second-order valence-corrected chi connectivity index (χ2v) is 4.34. The topological polar surface area (TPSA) is 85.1 Å². The van der Waals surface area contributed by atoms with Crippen LogP contribution in [-0.4, -0.2) is 15.8 Å². The number of nitro groups is 1. The number of anilines is 1. The van der Waals surface area contributed by atoms with Crippen molar-refractivity contribution in [3.8, 4) is 0 Å². The zero-order chi connectivity index (χ0) is 15.2. The number of nitro benzene ring substituents is 1. The summed E-state index contributed by atoms with van der Waals surface area (Å²) in [6.07, 6.45) is 5.17. The molecule has 21 heavy (non-hydrogen) atoms. The van der Waals surface area contributed by atoms with E-state index in [9.17, 15) is 14.9 Å². The number of nitrogens with zero attached hydrogens (tertiary/aromatic N) is 2. The molecule has 0 aliphatic heterocycles. The molecule has 0 unspecified atom stereocenters. The van der Waals surface area contributed by atoms with Gasteiger partial charge in [0.2, 0.25) is 5.91 Å². The number of hydrogen-bond acceptors (Lipinski definition) is 4. The average Bonchev–Trinajstić information content (AvgIpc) is 2.46. The summed E-state index contributed by atoms with van der Waals surface area (Å²) in [6.45, 7) is 1.41. The second-order valence-electron chi connectivity index (χ2n) is 4.34. The van der Waals surface area contributed by atoms with Crippen LogP contribution in [0.3, 0.4) is 0 Å². The minimum atomic E-state index is -0.429. The fraction of sp³-hybridized carbons (Fsp3) is 0.0667. The Balaban J connectivity index is 2.12. The number of non-ortho nitro benzene ring substituents is 1. The van der Waals surface area contributed by atoms with Gasteiger partial charge in [0, 0.05) is 25.3 Å². The molecule has 106 valence electrons. The van der Waals surface area contributed by atoms with Gasteiger partial charge in [0.05, 0.1) is 4.92 Å². The van der Waals surface area contributed by atoms with Crippen LogP contribution >= 0.6 is 0 Å². The molecule has 0 fully saturated rings. The van der Waals surface area contributed by atoms with Crippen LogP contribution in [0.2, 0.25) is 0 Å². The monoisotopic (exact) mass is 283 g/mol. The van der Waals surface area contributed by atoms with Gasteiger partial charge in [-0.2, -0.15) is 0 Å². The highest BCUT2D eigenvalue weighted by atomic mass is 16.6. The number of benzene rings is 1. The first-order valence-corrected chi connectivity index (χ1v) is 6.21. The smallest absolute Gasteiger partial charge is 0.270 e. The zero-order valence-electron chi connectivity index (χ0n) is 11.3. The maximum Gasteiger partial charge on any atom is 0.270 e. The predicted octanol–water partition coefficient (Wildman–Crippen LogP) is 3.12. The minimum absolute atomic E-state index is 0.0521. The maximum atomic E-state index is 10.9. The number of rotatable bonds is 4. The van der Waals surface area contributed by atoms with Crippen LogP contribution in [0, 0.1) is 10.1 Å². The van der Waals surface area contributed by atoms with Gasteiger partial charge >= 0.3 is 0 Å². The van der Waals surface area contributed by atoms with E-state index in [1.165, 1.54) is 19.1 Å². The number of carbonyl (C=O) groups is 1. The van der Waals surface area contributed by atoms with E-state index in [0.717, 1.165) is 11.1 Å². The van der Waals surface area contributed by atoms with Gasteiger partial charge in [0.25, 0.3) is 5.69 Å². The Kier molecular flexibility index (Phi) is 4.40. The molecule has 2 rings (SSSR count). The number of aromatic nitrogens is 1. The molecular formula is C15H13N3O3. The summed E-state index contributed by atoms with van der Waals surface area (Å²) in [5.41, 5.74) is 1.61. The van der Waals surface area contributed by atoms with Crippen LogP contribution in [0.15, 0.2) is 42.6 Å². The molecule has 0 saturated carbocycles. The molecule has 0 saturated heterocycles. The minimum Gasteiger partial charge on any atom is -0.311 e. The first kappa shape index (κ1) is 14.4. The van der Waals surface area contributed by atoms with E-state index in [1.54, 1.807) is 42.6 Å². The van der Waals surface area contributed by atoms with Crippen molar-refractivity contribution in [3.63, 3.8) is 0 Å². The third-order valence-electron chi connectivity index (χ3n) is 2.64. The average molecular weight is 283 g/mol. The molecule has 6 nitrogen and oxygen atoms in total. The van der Waals surface area contributed by atoms with E-state index in [2.05, 4.69) is 10.3 Å². The van der Waals surface area contributed by atoms with Gasteiger partial charge in [0.1, 0.15) is 5.82 Å². The second kappa shape index (κ2) is 6.42. The van der Waals surface area contributed by atoms with Crippen molar-refractivity contribution in [1.29, 1.82) is 0 Å². The van der Waals surface area contributed by atoms with Crippen LogP contribution in [0.5, 0.6) is 0 Å². The van der Waals surface area contributed by atoms with E-state index in [0.29, 0.717) is 5.82 Å². The summed E-state index contributed by atoms with van der Waals surface area (Å²) in [7, 11) is 0. The van der Waals surface area contributed by atoms with E-state index in [1.807, 2.05) is 0 Å². The molecule has 1 aromatic carbocycles. The van der Waals surface area contributed by atoms with Gasteiger partial charge in [-0.05, 0) is 23.3 Å². The van der Waals surface area contributed by atoms with Crippen LogP contribution in [-0.2, 0) is 4.79 Å². The van der Waals surface area contributed by atoms with Gasteiger partial charge < -0.3 is 5.32 Å². The molecular weight excluding hydrogens is 270 g/mol. The van der Waals surface area contributed by atoms with Crippen LogP contribution < -0.4 is 5.32 Å². The molecule has 0 spiro atoms. The Morgan fingerprint density at radius 3 is 2.62 bits per heavy atom. The predicted molar refractivity (Wildman–Crippen MR) is 80.6 cm³/mol. The number of pyridine rings is 1. The number of amides is 1. The summed E-state index contributed by atoms with van der Waals surface area (Å²) in [5, 5.41) is 13.3. The van der Waals surface area contributed by atoms with E-state index in [4.69, 9.17) is 0 Å². The Hall–Kier alpha value is -3.02. The Morgan fingerprint density at radius 2 is 2.00 bits per heavy atom. The molecule has 0 aliphatic rings. The molecule has 1 heterocycles. The Labute approximate surface area is 121 Å². The largest absolute Gasteiger partial charge is 0.311 e. The lowest BCUT2D eigenvalue weighted by Gasteiger charge is -2.00. The molecule has 0 radical (unpaired) electrons. The van der Waals surface area contributed by atoms with Crippen molar-refractivity contribution in [2.75, 3.05) is 5.32 Å². The highest BCUT2D eigenvalue weighted by molar-refractivity contribution is 5.87. The fourth-order valence-electron chi connectivity index (χ4n) is 1.69. The third kappa shape index (κ3) is 4.24. The van der Waals surface area contributed by atoms with Crippen LogP contribution in [0.4, 0.5) is 11.5 Å². The molecule has 0 atom stereocenters. The molecule has 6 heteroatoms. The van der Waals surface area contributed by atoms with E-state index >= 15 is 0 Å². The van der Waals surface area contributed by atoms with Crippen molar-refractivity contribution in [2.24, 2.45) is 0 Å². The van der Waals surface area contributed by atoms with Crippen molar-refractivity contribution in [1.82, 2.24) is 4.98 Å².